The van der Waals surface area contributed by atoms with E-state index in [4.69, 9.17) is 46.4 Å². The van der Waals surface area contributed by atoms with Gasteiger partial charge in [0.2, 0.25) is 3.79 Å². The van der Waals surface area contributed by atoms with Gasteiger partial charge in [0.05, 0.1) is 0 Å². The van der Waals surface area contributed by atoms with Gasteiger partial charge in [-0.15, -0.1) is 0 Å². The van der Waals surface area contributed by atoms with Crippen LogP contribution in [0.5, 0.6) is 0 Å². The molecule has 4 rings (SSSR count). The molecule has 3 atom stereocenters. The zero-order valence-electron chi connectivity index (χ0n) is 15.3. The molecule has 29 heavy (non-hydrogen) atoms. The first kappa shape index (κ1) is 21.0. The van der Waals surface area contributed by atoms with Crippen LogP contribution in [0.15, 0.2) is 47.3 Å². The smallest absolute Gasteiger partial charge is 0.252 e. The van der Waals surface area contributed by atoms with E-state index in [0.29, 0.717) is 30.2 Å². The summed E-state index contributed by atoms with van der Waals surface area (Å²) in [6, 6.07) is 11.9. The second-order valence-corrected chi connectivity index (χ2v) is 10.4. The Balaban J connectivity index is 1.59. The summed E-state index contributed by atoms with van der Waals surface area (Å²) in [5, 5.41) is 3.31. The van der Waals surface area contributed by atoms with Gasteiger partial charge in [0.15, 0.2) is 0 Å². The molecule has 1 aromatic carbocycles. The molecule has 0 spiro atoms. The Labute approximate surface area is 188 Å². The van der Waals surface area contributed by atoms with Gasteiger partial charge >= 0.3 is 0 Å². The number of hydrogen-bond donors (Lipinski definition) is 1. The van der Waals surface area contributed by atoms with E-state index in [1.54, 1.807) is 36.4 Å². The van der Waals surface area contributed by atoms with Gasteiger partial charge in [-0.3, -0.25) is 14.5 Å². The molecule has 1 amide bonds. The lowest BCUT2D eigenvalue weighted by atomic mass is 9.83. The highest BCUT2D eigenvalue weighted by atomic mass is 35.6. The Morgan fingerprint density at radius 1 is 1.10 bits per heavy atom. The standard InChI is InChI=1S/C20H19Cl4N3O2/c21-15-4-1-3-13(8-15)18(29)25-19(20(22,23)24)26-9-12-7-14(11-26)16-5-2-6-17(28)27(16)10-12/h1-6,8,12,14,19H,7,9-11H2,(H,25,29)/t12-,14-,19?/m1/s1. The molecule has 1 N–H and O–H groups in total. The third-order valence-corrected chi connectivity index (χ3v) is 6.39. The van der Waals surface area contributed by atoms with Crippen LogP contribution < -0.4 is 10.9 Å². The number of amides is 1. The Morgan fingerprint density at radius 3 is 2.59 bits per heavy atom. The summed E-state index contributed by atoms with van der Waals surface area (Å²) >= 11 is 24.8. The van der Waals surface area contributed by atoms with Crippen molar-refractivity contribution in [2.24, 2.45) is 5.92 Å². The monoisotopic (exact) mass is 473 g/mol. The molecule has 9 heteroatoms. The molecule has 2 aliphatic rings. The SMILES string of the molecule is O=C(NC(N1C[C@H]2C[C@H](C1)c1cccc(=O)n1C2)C(Cl)(Cl)Cl)c1cccc(Cl)c1. The fourth-order valence-electron chi connectivity index (χ4n) is 4.36. The molecule has 5 nitrogen and oxygen atoms in total. The fraction of sp³-hybridized carbons (Fsp3) is 0.400. The highest BCUT2D eigenvalue weighted by molar-refractivity contribution is 6.68. The number of alkyl halides is 3. The van der Waals surface area contributed by atoms with Crippen LogP contribution in [0.2, 0.25) is 5.02 Å². The number of piperidine rings is 1. The minimum Gasteiger partial charge on any atom is -0.332 e. The molecule has 1 fully saturated rings. The second kappa shape index (κ2) is 8.12. The van der Waals surface area contributed by atoms with Crippen molar-refractivity contribution in [1.29, 1.82) is 0 Å². The van der Waals surface area contributed by atoms with Crippen molar-refractivity contribution in [3.05, 3.63) is 69.1 Å². The Hall–Kier alpha value is -1.24. The average Bonchev–Trinajstić information content (AvgIpc) is 2.66. The number of rotatable bonds is 3. The van der Waals surface area contributed by atoms with Gasteiger partial charge in [0, 0.05) is 47.9 Å². The Bertz CT molecular complexity index is 988. The third-order valence-electron chi connectivity index (χ3n) is 5.54. The number of pyridine rings is 1. The highest BCUT2D eigenvalue weighted by Crippen LogP contribution is 2.40. The number of hydrogen-bond acceptors (Lipinski definition) is 3. The van der Waals surface area contributed by atoms with Gasteiger partial charge < -0.3 is 9.88 Å². The van der Waals surface area contributed by atoms with Crippen LogP contribution in [-0.2, 0) is 6.54 Å². The van der Waals surface area contributed by atoms with Gasteiger partial charge in [0.1, 0.15) is 6.17 Å². The summed E-state index contributed by atoms with van der Waals surface area (Å²) in [5.74, 6) is 0.00442. The average molecular weight is 475 g/mol. The van der Waals surface area contributed by atoms with Crippen LogP contribution in [-0.4, -0.2) is 38.4 Å². The summed E-state index contributed by atoms with van der Waals surface area (Å²) in [5.41, 5.74) is 1.39. The summed E-state index contributed by atoms with van der Waals surface area (Å²) in [6.07, 6.45) is 0.153. The molecule has 0 radical (unpaired) electrons. The number of benzene rings is 1. The van der Waals surface area contributed by atoms with Crippen LogP contribution in [0, 0.1) is 5.92 Å². The maximum absolute atomic E-state index is 12.8. The summed E-state index contributed by atoms with van der Waals surface area (Å²) in [6.45, 7) is 1.82. The molecule has 1 saturated heterocycles. The van der Waals surface area contributed by atoms with Crippen molar-refractivity contribution in [2.75, 3.05) is 13.1 Å². The molecule has 2 aliphatic heterocycles. The maximum atomic E-state index is 12.8. The lowest BCUT2D eigenvalue weighted by Gasteiger charge is -2.47. The molecule has 0 saturated carbocycles. The van der Waals surface area contributed by atoms with Crippen molar-refractivity contribution >= 4 is 52.3 Å². The molecule has 2 aromatic rings. The van der Waals surface area contributed by atoms with Crippen LogP contribution in [0.4, 0.5) is 0 Å². The molecule has 2 bridgehead atoms. The fourth-order valence-corrected chi connectivity index (χ4v) is 5.13. The van der Waals surface area contributed by atoms with Crippen molar-refractivity contribution < 1.29 is 4.79 Å². The van der Waals surface area contributed by atoms with Crippen molar-refractivity contribution in [1.82, 2.24) is 14.8 Å². The lowest BCUT2D eigenvalue weighted by molar-refractivity contribution is 0.0586. The number of carbonyl (C=O) groups is 1. The molecule has 1 aromatic heterocycles. The lowest BCUT2D eigenvalue weighted by Crippen LogP contribution is -2.60. The Morgan fingerprint density at radius 2 is 1.86 bits per heavy atom. The topological polar surface area (TPSA) is 54.3 Å². The molecule has 0 aliphatic carbocycles. The van der Waals surface area contributed by atoms with E-state index in [1.165, 1.54) is 0 Å². The third kappa shape index (κ3) is 4.44. The zero-order valence-corrected chi connectivity index (χ0v) is 18.3. The van der Waals surface area contributed by atoms with Crippen molar-refractivity contribution in [3.63, 3.8) is 0 Å². The number of carbonyl (C=O) groups excluding carboxylic acids is 1. The molecule has 154 valence electrons. The highest BCUT2D eigenvalue weighted by Gasteiger charge is 2.44. The van der Waals surface area contributed by atoms with E-state index >= 15 is 0 Å². The number of likely N-dealkylation sites (tertiary alicyclic amines) is 1. The van der Waals surface area contributed by atoms with Gasteiger partial charge in [-0.1, -0.05) is 58.5 Å². The van der Waals surface area contributed by atoms with E-state index in [2.05, 4.69) is 5.32 Å². The van der Waals surface area contributed by atoms with E-state index in [1.807, 2.05) is 15.5 Å². The Kier molecular flexibility index (Phi) is 5.88. The number of nitrogens with one attached hydrogen (secondary N) is 1. The molecular weight excluding hydrogens is 456 g/mol. The largest absolute Gasteiger partial charge is 0.332 e. The van der Waals surface area contributed by atoms with Crippen LogP contribution >= 0.6 is 46.4 Å². The van der Waals surface area contributed by atoms with Crippen LogP contribution in [0.1, 0.15) is 28.4 Å². The first-order valence-corrected chi connectivity index (χ1v) is 10.8. The van der Waals surface area contributed by atoms with E-state index in [9.17, 15) is 9.59 Å². The molecule has 3 heterocycles. The molecular formula is C20H19Cl4N3O2. The summed E-state index contributed by atoms with van der Waals surface area (Å²) in [7, 11) is 0. The first-order valence-electron chi connectivity index (χ1n) is 9.29. The van der Waals surface area contributed by atoms with Crippen molar-refractivity contribution in [2.45, 2.75) is 28.8 Å². The van der Waals surface area contributed by atoms with E-state index in [0.717, 1.165) is 12.1 Å². The van der Waals surface area contributed by atoms with Gasteiger partial charge in [-0.25, -0.2) is 0 Å². The minimum absolute atomic E-state index is 0.0119. The number of aromatic nitrogens is 1. The quantitative estimate of drug-likeness (QED) is 0.682. The number of fused-ring (bicyclic) bond motifs is 4. The van der Waals surface area contributed by atoms with Crippen LogP contribution in [0.3, 0.4) is 0 Å². The van der Waals surface area contributed by atoms with E-state index in [-0.39, 0.29) is 23.3 Å². The van der Waals surface area contributed by atoms with Gasteiger partial charge in [-0.2, -0.15) is 0 Å². The van der Waals surface area contributed by atoms with E-state index < -0.39 is 9.96 Å². The van der Waals surface area contributed by atoms with Crippen molar-refractivity contribution in [3.8, 4) is 0 Å². The zero-order chi connectivity index (χ0) is 20.8. The first-order chi connectivity index (χ1) is 13.7. The normalized spacial score (nSPS) is 22.6. The predicted octanol–water partition coefficient (Wildman–Crippen LogP) is 4.05. The van der Waals surface area contributed by atoms with Crippen LogP contribution in [0.25, 0.3) is 0 Å². The summed E-state index contributed by atoms with van der Waals surface area (Å²) in [4.78, 5) is 27.0. The predicted molar refractivity (Wildman–Crippen MR) is 116 cm³/mol. The van der Waals surface area contributed by atoms with Gasteiger partial charge in [-0.05, 0) is 36.6 Å². The minimum atomic E-state index is -1.73. The number of halogens is 4. The molecule has 1 unspecified atom stereocenters. The summed E-state index contributed by atoms with van der Waals surface area (Å²) < 4.78 is 0.112. The maximum Gasteiger partial charge on any atom is 0.252 e. The van der Waals surface area contributed by atoms with Gasteiger partial charge in [0.25, 0.3) is 11.5 Å². The number of nitrogens with zero attached hydrogens (tertiary/aromatic N) is 2. The second-order valence-electron chi connectivity index (χ2n) is 7.58.